The predicted octanol–water partition coefficient (Wildman–Crippen LogP) is 2.40. The maximum absolute atomic E-state index is 9.40. The first-order chi connectivity index (χ1) is 13.2. The molecule has 3 rings (SSSR count). The Morgan fingerprint density at radius 1 is 1.36 bits per heavy atom. The SMILES string of the molecule is CCNC(=NCC1(CCO)CCOC1)NCC(C)N1CCc2ccccc21.I. The number of nitrogens with one attached hydrogen (secondary N) is 2. The van der Waals surface area contributed by atoms with E-state index in [1.807, 2.05) is 0 Å². The second-order valence-electron chi connectivity index (χ2n) is 7.77. The number of halogens is 1. The summed E-state index contributed by atoms with van der Waals surface area (Å²) in [7, 11) is 0. The number of guanidine groups is 1. The summed E-state index contributed by atoms with van der Waals surface area (Å²) >= 11 is 0. The zero-order valence-corrected chi connectivity index (χ0v) is 19.4. The van der Waals surface area contributed by atoms with Gasteiger partial charge in [0, 0.05) is 50.0 Å². The molecule has 0 bridgehead atoms. The van der Waals surface area contributed by atoms with E-state index in [1.165, 1.54) is 11.3 Å². The minimum Gasteiger partial charge on any atom is -0.396 e. The number of ether oxygens (including phenoxy) is 1. The highest BCUT2D eigenvalue weighted by Crippen LogP contribution is 2.32. The Balaban J connectivity index is 0.00000280. The molecule has 2 aliphatic heterocycles. The summed E-state index contributed by atoms with van der Waals surface area (Å²) in [4.78, 5) is 7.29. The Morgan fingerprint density at radius 3 is 2.89 bits per heavy atom. The summed E-state index contributed by atoms with van der Waals surface area (Å²) in [6.45, 7) is 9.42. The van der Waals surface area contributed by atoms with Gasteiger partial charge in [-0.2, -0.15) is 0 Å². The van der Waals surface area contributed by atoms with Gasteiger partial charge in [-0.3, -0.25) is 4.99 Å². The van der Waals surface area contributed by atoms with Gasteiger partial charge in [-0.05, 0) is 44.7 Å². The number of benzene rings is 1. The van der Waals surface area contributed by atoms with Gasteiger partial charge in [0.2, 0.25) is 0 Å². The normalized spacial score (nSPS) is 22.5. The number of aliphatic hydroxyl groups excluding tert-OH is 1. The molecular weight excluding hydrogens is 467 g/mol. The average molecular weight is 502 g/mol. The van der Waals surface area contributed by atoms with Crippen molar-refractivity contribution in [2.75, 3.05) is 50.9 Å². The van der Waals surface area contributed by atoms with E-state index < -0.39 is 0 Å². The van der Waals surface area contributed by atoms with Crippen LogP contribution in [-0.2, 0) is 11.2 Å². The van der Waals surface area contributed by atoms with E-state index in [0.29, 0.717) is 19.2 Å². The molecular formula is C21H35IN4O2. The predicted molar refractivity (Wildman–Crippen MR) is 126 cm³/mol. The molecule has 1 saturated heterocycles. The number of aliphatic hydroxyl groups is 1. The topological polar surface area (TPSA) is 69.1 Å². The highest BCUT2D eigenvalue weighted by Gasteiger charge is 2.34. The summed E-state index contributed by atoms with van der Waals surface area (Å²) in [5.41, 5.74) is 2.78. The highest BCUT2D eigenvalue weighted by atomic mass is 127. The molecule has 2 atom stereocenters. The van der Waals surface area contributed by atoms with Crippen molar-refractivity contribution in [3.8, 4) is 0 Å². The molecule has 7 heteroatoms. The van der Waals surface area contributed by atoms with E-state index in [-0.39, 0.29) is 36.0 Å². The van der Waals surface area contributed by atoms with Crippen LogP contribution in [0.2, 0.25) is 0 Å². The third-order valence-corrected chi connectivity index (χ3v) is 5.76. The standard InChI is InChI=1S/C21H34N4O2.HI/c1-3-22-20(24-15-21(9-12-26)10-13-27-16-21)23-14-17(2)25-11-8-18-6-4-5-7-19(18)25;/h4-7,17,26H,3,8-16H2,1-2H3,(H2,22,23,24);1H. The van der Waals surface area contributed by atoms with E-state index in [2.05, 4.69) is 53.6 Å². The number of fused-ring (bicyclic) bond motifs is 1. The van der Waals surface area contributed by atoms with Gasteiger partial charge in [0.25, 0.3) is 0 Å². The summed E-state index contributed by atoms with van der Waals surface area (Å²) in [6, 6.07) is 9.07. The molecule has 0 aliphatic carbocycles. The number of hydrogen-bond donors (Lipinski definition) is 3. The Hall–Kier alpha value is -1.06. The Morgan fingerprint density at radius 2 is 2.18 bits per heavy atom. The lowest BCUT2D eigenvalue weighted by atomic mass is 9.84. The quantitative estimate of drug-likeness (QED) is 0.290. The molecule has 6 nitrogen and oxygen atoms in total. The van der Waals surface area contributed by atoms with Crippen molar-refractivity contribution < 1.29 is 9.84 Å². The van der Waals surface area contributed by atoms with Crippen LogP contribution in [0.25, 0.3) is 0 Å². The van der Waals surface area contributed by atoms with Gasteiger partial charge >= 0.3 is 0 Å². The number of aliphatic imine (C=N–C) groups is 1. The van der Waals surface area contributed by atoms with Crippen molar-refractivity contribution in [1.82, 2.24) is 10.6 Å². The fourth-order valence-corrected chi connectivity index (χ4v) is 4.05. The molecule has 0 amide bonds. The van der Waals surface area contributed by atoms with Gasteiger partial charge in [-0.1, -0.05) is 18.2 Å². The van der Waals surface area contributed by atoms with Crippen LogP contribution in [0.15, 0.2) is 29.3 Å². The fraction of sp³-hybridized carbons (Fsp3) is 0.667. The van der Waals surface area contributed by atoms with Crippen molar-refractivity contribution in [1.29, 1.82) is 0 Å². The van der Waals surface area contributed by atoms with Crippen LogP contribution < -0.4 is 15.5 Å². The average Bonchev–Trinajstić information content (AvgIpc) is 3.31. The van der Waals surface area contributed by atoms with Crippen molar-refractivity contribution >= 4 is 35.6 Å². The lowest BCUT2D eigenvalue weighted by molar-refractivity contribution is 0.131. The van der Waals surface area contributed by atoms with E-state index in [4.69, 9.17) is 9.73 Å². The summed E-state index contributed by atoms with van der Waals surface area (Å²) < 4.78 is 5.58. The Labute approximate surface area is 186 Å². The van der Waals surface area contributed by atoms with Crippen molar-refractivity contribution in [2.24, 2.45) is 10.4 Å². The maximum Gasteiger partial charge on any atom is 0.191 e. The number of hydrogen-bond acceptors (Lipinski definition) is 4. The van der Waals surface area contributed by atoms with Gasteiger partial charge in [-0.25, -0.2) is 0 Å². The maximum atomic E-state index is 9.40. The third kappa shape index (κ3) is 5.73. The lowest BCUT2D eigenvalue weighted by Crippen LogP contribution is -2.46. The van der Waals surface area contributed by atoms with Crippen LogP contribution in [-0.4, -0.2) is 63.1 Å². The van der Waals surface area contributed by atoms with Crippen LogP contribution in [0.4, 0.5) is 5.69 Å². The van der Waals surface area contributed by atoms with Crippen LogP contribution in [0.3, 0.4) is 0 Å². The van der Waals surface area contributed by atoms with E-state index in [9.17, 15) is 5.11 Å². The second kappa shape index (κ2) is 11.2. The van der Waals surface area contributed by atoms with Crippen LogP contribution in [0.1, 0.15) is 32.3 Å². The zero-order valence-electron chi connectivity index (χ0n) is 17.1. The third-order valence-electron chi connectivity index (χ3n) is 5.76. The smallest absolute Gasteiger partial charge is 0.191 e. The van der Waals surface area contributed by atoms with E-state index >= 15 is 0 Å². The molecule has 2 heterocycles. The molecule has 1 aromatic rings. The van der Waals surface area contributed by atoms with Gasteiger partial charge in [0.15, 0.2) is 5.96 Å². The van der Waals surface area contributed by atoms with E-state index in [1.54, 1.807) is 0 Å². The fourth-order valence-electron chi connectivity index (χ4n) is 4.05. The van der Waals surface area contributed by atoms with Crippen molar-refractivity contribution in [3.05, 3.63) is 29.8 Å². The second-order valence-corrected chi connectivity index (χ2v) is 7.77. The number of anilines is 1. The molecule has 1 aromatic carbocycles. The van der Waals surface area contributed by atoms with Crippen molar-refractivity contribution in [2.45, 2.75) is 39.2 Å². The van der Waals surface area contributed by atoms with Gasteiger partial charge in [0.1, 0.15) is 0 Å². The van der Waals surface area contributed by atoms with Crippen LogP contribution in [0, 0.1) is 5.41 Å². The first kappa shape index (κ1) is 23.2. The minimum atomic E-state index is -0.0173. The zero-order chi connectivity index (χ0) is 19.1. The molecule has 3 N–H and O–H groups in total. The monoisotopic (exact) mass is 502 g/mol. The molecule has 0 saturated carbocycles. The molecule has 1 fully saturated rings. The summed E-state index contributed by atoms with van der Waals surface area (Å²) in [5, 5.41) is 16.3. The van der Waals surface area contributed by atoms with Gasteiger partial charge in [-0.15, -0.1) is 24.0 Å². The molecule has 28 heavy (non-hydrogen) atoms. The molecule has 158 valence electrons. The molecule has 2 unspecified atom stereocenters. The molecule has 2 aliphatic rings. The first-order valence-electron chi connectivity index (χ1n) is 10.2. The molecule has 0 aromatic heterocycles. The van der Waals surface area contributed by atoms with Crippen LogP contribution >= 0.6 is 24.0 Å². The van der Waals surface area contributed by atoms with Gasteiger partial charge in [0.05, 0.1) is 13.2 Å². The number of para-hydroxylation sites is 1. The van der Waals surface area contributed by atoms with Crippen LogP contribution in [0.5, 0.6) is 0 Å². The number of nitrogens with zero attached hydrogens (tertiary/aromatic N) is 2. The van der Waals surface area contributed by atoms with Gasteiger partial charge < -0.3 is 25.4 Å². The summed E-state index contributed by atoms with van der Waals surface area (Å²) in [5.74, 6) is 0.848. The van der Waals surface area contributed by atoms with Crippen molar-refractivity contribution in [3.63, 3.8) is 0 Å². The largest absolute Gasteiger partial charge is 0.396 e. The summed E-state index contributed by atoms with van der Waals surface area (Å²) in [6.07, 6.45) is 2.84. The number of rotatable bonds is 8. The first-order valence-corrected chi connectivity index (χ1v) is 10.2. The minimum absolute atomic E-state index is 0. The molecule has 0 radical (unpaired) electrons. The lowest BCUT2D eigenvalue weighted by Gasteiger charge is -2.29. The Kier molecular flexibility index (Phi) is 9.30. The molecule has 0 spiro atoms. The van der Waals surface area contributed by atoms with E-state index in [0.717, 1.165) is 51.5 Å². The highest BCUT2D eigenvalue weighted by molar-refractivity contribution is 14.0. The Bertz CT molecular complexity index is 635.